The van der Waals surface area contributed by atoms with Crippen LogP contribution in [0.5, 0.6) is 0 Å². The standard InChI is InChI=1S/C4H10ClNSi/c1-3-6(4-2)7-5/h3-4H2,1-2H3. The first kappa shape index (κ1) is 7.47. The van der Waals surface area contributed by atoms with Crippen LogP contribution < -0.4 is 0 Å². The topological polar surface area (TPSA) is 3.24 Å². The molecule has 7 heavy (non-hydrogen) atoms. The Morgan fingerprint density at radius 2 is 1.86 bits per heavy atom. The van der Waals surface area contributed by atoms with Crippen LogP contribution in [0.3, 0.4) is 0 Å². The summed E-state index contributed by atoms with van der Waals surface area (Å²) in [4.78, 5) is 0. The van der Waals surface area contributed by atoms with Crippen molar-refractivity contribution in [1.29, 1.82) is 0 Å². The average molecular weight is 136 g/mol. The van der Waals surface area contributed by atoms with Crippen LogP contribution in [0.2, 0.25) is 0 Å². The summed E-state index contributed by atoms with van der Waals surface area (Å²) < 4.78 is 2.17. The molecule has 3 heteroatoms. The zero-order valence-corrected chi connectivity index (χ0v) is 6.50. The number of hydrogen-bond acceptors (Lipinski definition) is 1. The summed E-state index contributed by atoms with van der Waals surface area (Å²) in [6, 6.07) is 0. The van der Waals surface area contributed by atoms with Crippen molar-refractivity contribution in [2.45, 2.75) is 13.8 Å². The summed E-state index contributed by atoms with van der Waals surface area (Å²) in [6.45, 7) is 6.36. The molecule has 0 spiro atoms. The predicted molar refractivity (Wildman–Crippen MR) is 34.5 cm³/mol. The van der Waals surface area contributed by atoms with Gasteiger partial charge >= 0.3 is 0 Å². The first-order valence-electron chi connectivity index (χ1n) is 2.46. The molecule has 0 fully saturated rings. The summed E-state index contributed by atoms with van der Waals surface area (Å²) in [5, 5.41) is 0. The molecule has 2 radical (unpaired) electrons. The second-order valence-electron chi connectivity index (χ2n) is 1.26. The van der Waals surface area contributed by atoms with Gasteiger partial charge in [0.1, 0.15) is 0 Å². The van der Waals surface area contributed by atoms with Crippen molar-refractivity contribution >= 4 is 20.1 Å². The van der Waals surface area contributed by atoms with Gasteiger partial charge in [-0.25, -0.2) is 0 Å². The molecule has 42 valence electrons. The van der Waals surface area contributed by atoms with Crippen LogP contribution >= 0.6 is 11.1 Å². The van der Waals surface area contributed by atoms with Gasteiger partial charge in [-0.1, -0.05) is 13.8 Å². The smallest absolute Gasteiger partial charge is 0.273 e. The van der Waals surface area contributed by atoms with Crippen LogP contribution in [-0.4, -0.2) is 26.6 Å². The summed E-state index contributed by atoms with van der Waals surface area (Å²) in [5.41, 5.74) is 0. The maximum absolute atomic E-state index is 5.52. The zero-order chi connectivity index (χ0) is 5.70. The number of hydrogen-bond donors (Lipinski definition) is 0. The van der Waals surface area contributed by atoms with Crippen molar-refractivity contribution < 1.29 is 0 Å². The summed E-state index contributed by atoms with van der Waals surface area (Å²) in [5.74, 6) is 0. The highest BCUT2D eigenvalue weighted by atomic mass is 35.6. The Kier molecular flexibility index (Phi) is 4.93. The maximum atomic E-state index is 5.52. The quantitative estimate of drug-likeness (QED) is 0.414. The Balaban J connectivity index is 2.99. The molecule has 0 aliphatic heterocycles. The van der Waals surface area contributed by atoms with Gasteiger partial charge in [0, 0.05) is 0 Å². The minimum absolute atomic E-state index is 0.454. The molecule has 0 N–H and O–H groups in total. The Morgan fingerprint density at radius 3 is 1.86 bits per heavy atom. The molecule has 0 heterocycles. The van der Waals surface area contributed by atoms with Crippen LogP contribution in [0.4, 0.5) is 0 Å². The molecule has 0 aromatic carbocycles. The predicted octanol–water partition coefficient (Wildman–Crippen LogP) is 1.10. The second-order valence-corrected chi connectivity index (χ2v) is 2.57. The van der Waals surface area contributed by atoms with Gasteiger partial charge in [0.05, 0.1) is 0 Å². The molecule has 0 aliphatic carbocycles. The molecule has 0 atom stereocenters. The van der Waals surface area contributed by atoms with Crippen molar-refractivity contribution in [2.75, 3.05) is 13.1 Å². The minimum atomic E-state index is 0.454. The lowest BCUT2D eigenvalue weighted by Crippen LogP contribution is -2.23. The lowest BCUT2D eigenvalue weighted by atomic mass is 10.7. The van der Waals surface area contributed by atoms with Gasteiger partial charge in [0.2, 0.25) is 0 Å². The van der Waals surface area contributed by atoms with Crippen LogP contribution in [0.15, 0.2) is 0 Å². The van der Waals surface area contributed by atoms with Crippen molar-refractivity contribution in [2.24, 2.45) is 0 Å². The molecule has 1 nitrogen and oxygen atoms in total. The molecule has 0 aromatic rings. The van der Waals surface area contributed by atoms with E-state index in [0.29, 0.717) is 8.99 Å². The molecule has 0 aromatic heterocycles. The second kappa shape index (κ2) is 4.62. The van der Waals surface area contributed by atoms with Gasteiger partial charge in [-0.05, 0) is 13.1 Å². The largest absolute Gasteiger partial charge is 0.313 e. The summed E-state index contributed by atoms with van der Waals surface area (Å²) in [6.07, 6.45) is 0. The molecule has 0 saturated carbocycles. The Bertz CT molecular complexity index is 33.2. The van der Waals surface area contributed by atoms with Crippen molar-refractivity contribution in [1.82, 2.24) is 4.57 Å². The lowest BCUT2D eigenvalue weighted by molar-refractivity contribution is 0.502. The van der Waals surface area contributed by atoms with Crippen molar-refractivity contribution in [3.05, 3.63) is 0 Å². The van der Waals surface area contributed by atoms with E-state index < -0.39 is 0 Å². The van der Waals surface area contributed by atoms with E-state index in [9.17, 15) is 0 Å². The highest BCUT2D eigenvalue weighted by Crippen LogP contribution is 1.83. The Labute approximate surface area is 52.3 Å². The number of halogens is 1. The van der Waals surface area contributed by atoms with Gasteiger partial charge in [-0.2, -0.15) is 0 Å². The molecular formula is C4H10ClNSi. The molecule has 0 unspecified atom stereocenters. The third-order valence-electron chi connectivity index (χ3n) is 0.883. The third kappa shape index (κ3) is 3.09. The minimum Gasteiger partial charge on any atom is -0.313 e. The van der Waals surface area contributed by atoms with E-state index in [4.69, 9.17) is 11.1 Å². The fourth-order valence-corrected chi connectivity index (χ4v) is 1.30. The highest BCUT2D eigenvalue weighted by Gasteiger charge is 1.93. The van der Waals surface area contributed by atoms with E-state index in [1.807, 2.05) is 0 Å². The lowest BCUT2D eigenvalue weighted by Gasteiger charge is -2.10. The van der Waals surface area contributed by atoms with Crippen LogP contribution in [0.1, 0.15) is 13.8 Å². The van der Waals surface area contributed by atoms with Gasteiger partial charge in [0.15, 0.2) is 0 Å². The monoisotopic (exact) mass is 135 g/mol. The summed E-state index contributed by atoms with van der Waals surface area (Å²) >= 11 is 5.52. The van der Waals surface area contributed by atoms with E-state index in [-0.39, 0.29) is 0 Å². The molecule has 0 saturated heterocycles. The maximum Gasteiger partial charge on any atom is 0.273 e. The normalized spacial score (nSPS) is 10.3. The van der Waals surface area contributed by atoms with E-state index in [1.54, 1.807) is 0 Å². The van der Waals surface area contributed by atoms with Crippen molar-refractivity contribution in [3.8, 4) is 0 Å². The number of nitrogens with zero attached hydrogens (tertiary/aromatic N) is 1. The molecule has 0 amide bonds. The van der Waals surface area contributed by atoms with Gasteiger partial charge in [-0.15, -0.1) is 11.1 Å². The van der Waals surface area contributed by atoms with Crippen molar-refractivity contribution in [3.63, 3.8) is 0 Å². The fraction of sp³-hybridized carbons (Fsp3) is 1.00. The molecule has 0 bridgehead atoms. The molecular weight excluding hydrogens is 126 g/mol. The molecule has 0 rings (SSSR count). The SMILES string of the molecule is CCN(CC)[Si]Cl. The van der Waals surface area contributed by atoms with E-state index in [1.165, 1.54) is 0 Å². The van der Waals surface area contributed by atoms with Gasteiger partial charge < -0.3 is 4.57 Å². The van der Waals surface area contributed by atoms with E-state index >= 15 is 0 Å². The van der Waals surface area contributed by atoms with Crippen LogP contribution in [-0.2, 0) is 0 Å². The van der Waals surface area contributed by atoms with Gasteiger partial charge in [0.25, 0.3) is 8.99 Å². The highest BCUT2D eigenvalue weighted by molar-refractivity contribution is 6.92. The van der Waals surface area contributed by atoms with Crippen LogP contribution in [0, 0.1) is 0 Å². The first-order chi connectivity index (χ1) is 3.35. The fourth-order valence-electron chi connectivity index (χ4n) is 0.343. The van der Waals surface area contributed by atoms with E-state index in [0.717, 1.165) is 13.1 Å². The Morgan fingerprint density at radius 1 is 1.43 bits per heavy atom. The first-order valence-corrected chi connectivity index (χ1v) is 4.42. The summed E-state index contributed by atoms with van der Waals surface area (Å²) in [7, 11) is 0.454. The number of rotatable bonds is 3. The Hall–Kier alpha value is 0.467. The van der Waals surface area contributed by atoms with Gasteiger partial charge in [-0.3, -0.25) is 0 Å². The molecule has 0 aliphatic rings. The zero-order valence-electron chi connectivity index (χ0n) is 4.74. The third-order valence-corrected chi connectivity index (χ3v) is 2.47. The van der Waals surface area contributed by atoms with Crippen LogP contribution in [0.25, 0.3) is 0 Å². The van der Waals surface area contributed by atoms with E-state index in [2.05, 4.69) is 18.4 Å². The average Bonchev–Trinajstić information content (AvgIpc) is 1.72.